The molecule has 1 atom stereocenters. The Kier molecular flexibility index (Phi) is 6.37. The minimum atomic E-state index is -0.617. The number of nitrogens with one attached hydrogen (secondary N) is 1. The average Bonchev–Trinajstić information content (AvgIpc) is 2.41. The molecule has 0 aliphatic heterocycles. The first-order valence-corrected chi connectivity index (χ1v) is 7.31. The van der Waals surface area contributed by atoms with Crippen LogP contribution in [0.15, 0.2) is 24.3 Å². The lowest BCUT2D eigenvalue weighted by molar-refractivity contribution is -0.121. The molecular weight excluding hydrogens is 290 g/mol. The fourth-order valence-corrected chi connectivity index (χ4v) is 1.74. The van der Waals surface area contributed by atoms with Crippen molar-refractivity contribution in [1.82, 2.24) is 5.32 Å². The molecule has 0 spiro atoms. The fourth-order valence-electron chi connectivity index (χ4n) is 1.61. The molecule has 0 bridgehead atoms. The Morgan fingerprint density at radius 2 is 1.76 bits per heavy atom. The van der Waals surface area contributed by atoms with Gasteiger partial charge in [-0.3, -0.25) is 9.59 Å². The van der Waals surface area contributed by atoms with Gasteiger partial charge in [0, 0.05) is 30.0 Å². The summed E-state index contributed by atoms with van der Waals surface area (Å²) in [6, 6.07) is 6.58. The van der Waals surface area contributed by atoms with E-state index in [4.69, 9.17) is 11.6 Å². The number of amides is 1. The lowest BCUT2D eigenvalue weighted by Gasteiger charge is -2.25. The number of hydrogen-bond donors (Lipinski definition) is 2. The molecule has 0 fully saturated rings. The van der Waals surface area contributed by atoms with Crippen molar-refractivity contribution < 1.29 is 14.7 Å². The van der Waals surface area contributed by atoms with Crippen LogP contribution < -0.4 is 5.32 Å². The van der Waals surface area contributed by atoms with E-state index in [1.807, 2.05) is 20.8 Å². The van der Waals surface area contributed by atoms with Crippen LogP contribution in [-0.4, -0.2) is 29.4 Å². The van der Waals surface area contributed by atoms with E-state index in [-0.39, 0.29) is 36.5 Å². The molecule has 1 aromatic carbocycles. The summed E-state index contributed by atoms with van der Waals surface area (Å²) in [4.78, 5) is 23.6. The smallest absolute Gasteiger partial charge is 0.220 e. The first-order chi connectivity index (χ1) is 9.70. The third-order valence-electron chi connectivity index (χ3n) is 3.24. The molecule has 0 aromatic heterocycles. The molecule has 1 aromatic rings. The summed E-state index contributed by atoms with van der Waals surface area (Å²) in [5.74, 6) is -0.334. The first-order valence-electron chi connectivity index (χ1n) is 6.93. The Bertz CT molecular complexity index is 491. The molecule has 1 rings (SSSR count). The Labute approximate surface area is 130 Å². The maximum Gasteiger partial charge on any atom is 0.220 e. The van der Waals surface area contributed by atoms with Crippen LogP contribution in [0.5, 0.6) is 0 Å². The van der Waals surface area contributed by atoms with Gasteiger partial charge in [-0.15, -0.1) is 0 Å². The molecule has 5 heteroatoms. The molecule has 2 N–H and O–H groups in total. The van der Waals surface area contributed by atoms with Crippen LogP contribution in [0.2, 0.25) is 5.02 Å². The molecule has 0 saturated carbocycles. The zero-order chi connectivity index (χ0) is 16.0. The number of halogens is 1. The van der Waals surface area contributed by atoms with Crippen molar-refractivity contribution in [3.8, 4) is 0 Å². The molecule has 0 aliphatic rings. The summed E-state index contributed by atoms with van der Waals surface area (Å²) in [5.41, 5.74) is 0.258. The first kappa shape index (κ1) is 17.7. The van der Waals surface area contributed by atoms with Crippen molar-refractivity contribution in [2.75, 3.05) is 6.54 Å². The average molecular weight is 312 g/mol. The lowest BCUT2D eigenvalue weighted by atomic mass is 9.89. The number of hydrogen-bond acceptors (Lipinski definition) is 3. The molecule has 116 valence electrons. The van der Waals surface area contributed by atoms with E-state index in [1.165, 1.54) is 0 Å². The second kappa shape index (κ2) is 7.57. The molecule has 0 aliphatic carbocycles. The number of benzene rings is 1. The maximum absolute atomic E-state index is 11.9. The molecule has 0 heterocycles. The summed E-state index contributed by atoms with van der Waals surface area (Å²) in [6.45, 7) is 5.88. The summed E-state index contributed by atoms with van der Waals surface area (Å²) in [5, 5.41) is 13.0. The van der Waals surface area contributed by atoms with Crippen molar-refractivity contribution in [2.24, 2.45) is 5.41 Å². The Morgan fingerprint density at radius 1 is 1.19 bits per heavy atom. The minimum absolute atomic E-state index is 0.0989. The van der Waals surface area contributed by atoms with E-state index in [0.717, 1.165) is 0 Å². The highest BCUT2D eigenvalue weighted by atomic mass is 35.5. The van der Waals surface area contributed by atoms with Gasteiger partial charge in [0.2, 0.25) is 5.91 Å². The monoisotopic (exact) mass is 311 g/mol. The van der Waals surface area contributed by atoms with Crippen molar-refractivity contribution in [3.63, 3.8) is 0 Å². The summed E-state index contributed by atoms with van der Waals surface area (Å²) < 4.78 is 0. The van der Waals surface area contributed by atoms with Crippen molar-refractivity contribution in [1.29, 1.82) is 0 Å². The number of aliphatic hydroxyl groups excluding tert-OH is 1. The molecular formula is C16H22ClNO3. The highest BCUT2D eigenvalue weighted by Crippen LogP contribution is 2.18. The largest absolute Gasteiger partial charge is 0.391 e. The highest BCUT2D eigenvalue weighted by Gasteiger charge is 2.22. The summed E-state index contributed by atoms with van der Waals surface area (Å²) in [7, 11) is 0. The van der Waals surface area contributed by atoms with Crippen LogP contribution in [0.1, 0.15) is 44.0 Å². The van der Waals surface area contributed by atoms with E-state index < -0.39 is 6.10 Å². The van der Waals surface area contributed by atoms with E-state index in [0.29, 0.717) is 10.6 Å². The predicted octanol–water partition coefficient (Wildman–Crippen LogP) is 2.83. The van der Waals surface area contributed by atoms with Gasteiger partial charge in [0.05, 0.1) is 6.10 Å². The quantitative estimate of drug-likeness (QED) is 0.794. The van der Waals surface area contributed by atoms with Crippen LogP contribution in [0.25, 0.3) is 0 Å². The molecule has 0 saturated heterocycles. The standard InChI is InChI=1S/C16H22ClNO3/c1-16(2,3)14(20)10-18-15(21)9-8-13(19)11-4-6-12(17)7-5-11/h4-7,14,20H,8-10H2,1-3H3,(H,18,21). The predicted molar refractivity (Wildman–Crippen MR) is 83.5 cm³/mol. The normalized spacial score (nSPS) is 12.8. The summed E-state index contributed by atoms with van der Waals surface area (Å²) in [6.07, 6.45) is -0.370. The van der Waals surface area contributed by atoms with Crippen LogP contribution in [0, 0.1) is 5.41 Å². The number of ketones is 1. The fraction of sp³-hybridized carbons (Fsp3) is 0.500. The van der Waals surface area contributed by atoms with Crippen LogP contribution in [0.3, 0.4) is 0 Å². The van der Waals surface area contributed by atoms with Gasteiger partial charge >= 0.3 is 0 Å². The number of rotatable bonds is 6. The SMILES string of the molecule is CC(C)(C)C(O)CNC(=O)CCC(=O)c1ccc(Cl)cc1. The third-order valence-corrected chi connectivity index (χ3v) is 3.49. The molecule has 21 heavy (non-hydrogen) atoms. The van der Waals surface area contributed by atoms with Gasteiger partial charge in [0.15, 0.2) is 5.78 Å². The Hall–Kier alpha value is -1.39. The van der Waals surface area contributed by atoms with Crippen LogP contribution in [0.4, 0.5) is 0 Å². The number of aliphatic hydroxyl groups is 1. The van der Waals surface area contributed by atoms with Crippen molar-refractivity contribution >= 4 is 23.3 Å². The van der Waals surface area contributed by atoms with E-state index in [1.54, 1.807) is 24.3 Å². The van der Waals surface area contributed by atoms with Gasteiger partial charge in [0.25, 0.3) is 0 Å². The maximum atomic E-state index is 11.9. The zero-order valence-electron chi connectivity index (χ0n) is 12.6. The molecule has 0 radical (unpaired) electrons. The Morgan fingerprint density at radius 3 is 2.29 bits per heavy atom. The summed E-state index contributed by atoms with van der Waals surface area (Å²) >= 11 is 5.75. The lowest BCUT2D eigenvalue weighted by Crippen LogP contribution is -2.39. The Balaban J connectivity index is 2.36. The molecule has 4 nitrogen and oxygen atoms in total. The van der Waals surface area contributed by atoms with E-state index in [9.17, 15) is 14.7 Å². The van der Waals surface area contributed by atoms with Crippen molar-refractivity contribution in [3.05, 3.63) is 34.9 Å². The zero-order valence-corrected chi connectivity index (χ0v) is 13.4. The van der Waals surface area contributed by atoms with Crippen molar-refractivity contribution in [2.45, 2.75) is 39.7 Å². The highest BCUT2D eigenvalue weighted by molar-refractivity contribution is 6.30. The van der Waals surface area contributed by atoms with Crippen LogP contribution in [-0.2, 0) is 4.79 Å². The van der Waals surface area contributed by atoms with Gasteiger partial charge in [-0.05, 0) is 29.7 Å². The third kappa shape index (κ3) is 6.27. The van der Waals surface area contributed by atoms with Gasteiger partial charge in [-0.1, -0.05) is 32.4 Å². The molecule has 1 unspecified atom stereocenters. The van der Waals surface area contributed by atoms with Gasteiger partial charge in [0.1, 0.15) is 0 Å². The topological polar surface area (TPSA) is 66.4 Å². The van der Waals surface area contributed by atoms with Gasteiger partial charge < -0.3 is 10.4 Å². The number of Topliss-reactive ketones (excluding diaryl/α,β-unsaturated/α-hetero) is 1. The number of carbonyl (C=O) groups excluding carboxylic acids is 2. The minimum Gasteiger partial charge on any atom is -0.391 e. The van der Waals surface area contributed by atoms with Gasteiger partial charge in [-0.2, -0.15) is 0 Å². The van der Waals surface area contributed by atoms with E-state index >= 15 is 0 Å². The number of carbonyl (C=O) groups is 2. The van der Waals surface area contributed by atoms with Gasteiger partial charge in [-0.25, -0.2) is 0 Å². The second-order valence-electron chi connectivity index (χ2n) is 6.12. The van der Waals surface area contributed by atoms with Crippen LogP contribution >= 0.6 is 11.6 Å². The van der Waals surface area contributed by atoms with E-state index in [2.05, 4.69) is 5.32 Å². The molecule has 1 amide bonds. The second-order valence-corrected chi connectivity index (χ2v) is 6.55.